The third kappa shape index (κ3) is 4.40. The predicted molar refractivity (Wildman–Crippen MR) is 99.4 cm³/mol. The smallest absolute Gasteiger partial charge is 0.394 e. The second-order valence-electron chi connectivity index (χ2n) is 6.78. The van der Waals surface area contributed by atoms with Crippen LogP contribution in [0.2, 0.25) is 0 Å². The summed E-state index contributed by atoms with van der Waals surface area (Å²) in [7, 11) is 3.14. The van der Waals surface area contributed by atoms with Crippen LogP contribution in [0.25, 0.3) is 0 Å². The van der Waals surface area contributed by atoms with Crippen LogP contribution in [0.3, 0.4) is 0 Å². The van der Waals surface area contributed by atoms with Gasteiger partial charge in [-0.2, -0.15) is 13.2 Å². The van der Waals surface area contributed by atoms with Gasteiger partial charge in [0.1, 0.15) is 29.4 Å². The van der Waals surface area contributed by atoms with Gasteiger partial charge in [-0.1, -0.05) is 23.9 Å². The molecular weight excluding hydrogens is 397 g/mol. The van der Waals surface area contributed by atoms with Crippen LogP contribution in [0, 0.1) is 5.92 Å². The summed E-state index contributed by atoms with van der Waals surface area (Å²) in [5.74, 6) is -1.30. The molecule has 1 aromatic rings. The van der Waals surface area contributed by atoms with Crippen LogP contribution in [0.4, 0.5) is 13.2 Å². The SMILES string of the molecule is CNC1=N[C@@H]2C(O)[C@H](O)[C@@H]([C@@H](CCc3ccc(OC)cc3)C(F)(F)F)O[C@@H]2S1. The van der Waals surface area contributed by atoms with E-state index in [0.29, 0.717) is 10.9 Å². The second-order valence-corrected chi connectivity index (χ2v) is 7.86. The third-order valence-corrected chi connectivity index (χ3v) is 6.19. The zero-order valence-electron chi connectivity index (χ0n) is 15.4. The molecule has 3 N–H and O–H groups in total. The molecule has 3 rings (SSSR count). The monoisotopic (exact) mass is 420 g/mol. The van der Waals surface area contributed by atoms with Gasteiger partial charge in [0, 0.05) is 7.05 Å². The van der Waals surface area contributed by atoms with E-state index in [1.165, 1.54) is 7.11 Å². The highest BCUT2D eigenvalue weighted by atomic mass is 32.2. The third-order valence-electron chi connectivity index (χ3n) is 5.03. The first-order valence-corrected chi connectivity index (χ1v) is 9.76. The van der Waals surface area contributed by atoms with Gasteiger partial charge in [0.2, 0.25) is 0 Å². The first-order valence-electron chi connectivity index (χ1n) is 8.88. The van der Waals surface area contributed by atoms with Crippen LogP contribution in [0.15, 0.2) is 29.3 Å². The topological polar surface area (TPSA) is 83.3 Å². The van der Waals surface area contributed by atoms with Gasteiger partial charge in [-0.25, -0.2) is 0 Å². The number of rotatable bonds is 5. The first-order chi connectivity index (χ1) is 13.2. The molecule has 0 aromatic heterocycles. The Morgan fingerprint density at radius 2 is 1.93 bits per heavy atom. The number of nitrogens with zero attached hydrogens (tertiary/aromatic N) is 1. The number of benzene rings is 1. The molecule has 1 aromatic carbocycles. The second kappa shape index (κ2) is 8.48. The first kappa shape index (κ1) is 21.2. The Hall–Kier alpha value is -1.49. The lowest BCUT2D eigenvalue weighted by molar-refractivity contribution is -0.250. The van der Waals surface area contributed by atoms with Crippen LogP contribution < -0.4 is 10.1 Å². The molecular formula is C18H23F3N2O4S. The quantitative estimate of drug-likeness (QED) is 0.676. The molecule has 0 amide bonds. The van der Waals surface area contributed by atoms with Gasteiger partial charge in [0.15, 0.2) is 5.17 Å². The number of methoxy groups -OCH3 is 1. The van der Waals surface area contributed by atoms with Crippen molar-refractivity contribution >= 4 is 16.9 Å². The Bertz CT molecular complexity index is 701. The maximum Gasteiger partial charge on any atom is 0.394 e. The highest BCUT2D eigenvalue weighted by molar-refractivity contribution is 8.14. The lowest BCUT2D eigenvalue weighted by atomic mass is 9.85. The standard InChI is InChI=1S/C18H23F3N2O4S/c1-22-17-23-12-13(24)14(25)15(27-16(12)28-17)11(18(19,20)21)8-5-9-3-6-10(26-2)7-4-9/h3-4,6-7,11-16,24-25H,5,8H2,1-2H3,(H,22,23)/t11-,12-,13?,14+,15-,16-/m1/s1. The molecule has 0 spiro atoms. The molecule has 2 heterocycles. The number of ether oxygens (including phenoxy) is 2. The highest BCUT2D eigenvalue weighted by Gasteiger charge is 2.55. The van der Waals surface area contributed by atoms with Crippen molar-refractivity contribution in [2.45, 2.75) is 48.8 Å². The normalized spacial score (nSPS) is 31.1. The number of alkyl halides is 3. The van der Waals surface area contributed by atoms with E-state index in [0.717, 1.165) is 17.3 Å². The molecule has 0 bridgehead atoms. The Balaban J connectivity index is 1.74. The fraction of sp³-hybridized carbons (Fsp3) is 0.611. The molecule has 1 saturated heterocycles. The molecule has 6 nitrogen and oxygen atoms in total. The van der Waals surface area contributed by atoms with E-state index in [4.69, 9.17) is 9.47 Å². The van der Waals surface area contributed by atoms with Crippen molar-refractivity contribution in [2.24, 2.45) is 10.9 Å². The van der Waals surface area contributed by atoms with Crippen molar-refractivity contribution < 1.29 is 32.9 Å². The van der Waals surface area contributed by atoms with Crippen LogP contribution in [-0.2, 0) is 11.2 Å². The van der Waals surface area contributed by atoms with Crippen molar-refractivity contribution in [3.8, 4) is 5.75 Å². The Morgan fingerprint density at radius 1 is 1.25 bits per heavy atom. The van der Waals surface area contributed by atoms with Crippen LogP contribution in [0.5, 0.6) is 5.75 Å². The Labute approximate surface area is 165 Å². The molecule has 2 aliphatic rings. The number of aliphatic imine (C=N–C) groups is 1. The minimum Gasteiger partial charge on any atom is -0.497 e. The number of nitrogens with one attached hydrogen (secondary N) is 1. The molecule has 156 valence electrons. The summed E-state index contributed by atoms with van der Waals surface area (Å²) in [6, 6.07) is 5.98. The molecule has 0 aliphatic carbocycles. The van der Waals surface area contributed by atoms with Gasteiger partial charge in [0.25, 0.3) is 0 Å². The van der Waals surface area contributed by atoms with Gasteiger partial charge >= 0.3 is 6.18 Å². The lowest BCUT2D eigenvalue weighted by Gasteiger charge is -2.42. The summed E-state index contributed by atoms with van der Waals surface area (Å²) >= 11 is 1.12. The Morgan fingerprint density at radius 3 is 2.50 bits per heavy atom. The molecule has 1 unspecified atom stereocenters. The van der Waals surface area contributed by atoms with E-state index in [9.17, 15) is 23.4 Å². The van der Waals surface area contributed by atoms with Crippen molar-refractivity contribution in [1.82, 2.24) is 5.32 Å². The summed E-state index contributed by atoms with van der Waals surface area (Å²) in [5.41, 5.74) is -0.0495. The maximum absolute atomic E-state index is 13.8. The van der Waals surface area contributed by atoms with Gasteiger partial charge in [0.05, 0.1) is 19.1 Å². The minimum absolute atomic E-state index is 0.149. The largest absolute Gasteiger partial charge is 0.497 e. The maximum atomic E-state index is 13.8. The number of hydrogen-bond donors (Lipinski definition) is 3. The summed E-state index contributed by atoms with van der Waals surface area (Å²) < 4.78 is 52.0. The van der Waals surface area contributed by atoms with E-state index >= 15 is 0 Å². The van der Waals surface area contributed by atoms with Crippen molar-refractivity contribution in [3.05, 3.63) is 29.8 Å². The molecule has 6 atom stereocenters. The number of hydrogen-bond acceptors (Lipinski definition) is 7. The molecule has 0 radical (unpaired) electrons. The molecule has 0 saturated carbocycles. The molecule has 28 heavy (non-hydrogen) atoms. The van der Waals surface area contributed by atoms with Gasteiger partial charge in [-0.05, 0) is 30.5 Å². The van der Waals surface area contributed by atoms with Crippen molar-refractivity contribution in [3.63, 3.8) is 0 Å². The number of aliphatic hydroxyl groups excluding tert-OH is 2. The Kier molecular flexibility index (Phi) is 6.43. The highest BCUT2D eigenvalue weighted by Crippen LogP contribution is 2.43. The number of fused-ring (bicyclic) bond motifs is 1. The predicted octanol–water partition coefficient (Wildman–Crippen LogP) is 1.94. The van der Waals surface area contributed by atoms with Crippen LogP contribution in [0.1, 0.15) is 12.0 Å². The minimum atomic E-state index is -4.58. The number of amidine groups is 1. The van der Waals surface area contributed by atoms with Gasteiger partial charge in [-0.15, -0.1) is 0 Å². The van der Waals surface area contributed by atoms with Crippen LogP contribution >= 0.6 is 11.8 Å². The van der Waals surface area contributed by atoms with Crippen molar-refractivity contribution in [1.29, 1.82) is 0 Å². The zero-order chi connectivity index (χ0) is 20.5. The summed E-state index contributed by atoms with van der Waals surface area (Å²) in [6.07, 6.45) is -9.37. The van der Waals surface area contributed by atoms with E-state index in [1.54, 1.807) is 31.3 Å². The summed E-state index contributed by atoms with van der Waals surface area (Å²) in [6.45, 7) is 0. The van der Waals surface area contributed by atoms with Gasteiger partial charge < -0.3 is 25.0 Å². The van der Waals surface area contributed by atoms with E-state index in [1.807, 2.05) is 0 Å². The van der Waals surface area contributed by atoms with E-state index < -0.39 is 41.9 Å². The number of thioether (sulfide) groups is 1. The molecule has 1 fully saturated rings. The van der Waals surface area contributed by atoms with Gasteiger partial charge in [-0.3, -0.25) is 4.99 Å². The zero-order valence-corrected chi connectivity index (χ0v) is 16.2. The number of aliphatic hydroxyl groups is 2. The van der Waals surface area contributed by atoms with Crippen LogP contribution in [-0.4, -0.2) is 65.5 Å². The average molecular weight is 420 g/mol. The fourth-order valence-electron chi connectivity index (χ4n) is 3.47. The van der Waals surface area contributed by atoms with Crippen molar-refractivity contribution in [2.75, 3.05) is 14.2 Å². The fourth-order valence-corrected chi connectivity index (χ4v) is 4.53. The van der Waals surface area contributed by atoms with E-state index in [2.05, 4.69) is 10.3 Å². The number of aryl methyl sites for hydroxylation is 1. The lowest BCUT2D eigenvalue weighted by Crippen LogP contribution is -2.59. The average Bonchev–Trinajstić information content (AvgIpc) is 3.08. The summed E-state index contributed by atoms with van der Waals surface area (Å²) in [4.78, 5) is 4.17. The molecule has 10 heteroatoms. The van der Waals surface area contributed by atoms with E-state index in [-0.39, 0.29) is 12.8 Å². The molecule has 2 aliphatic heterocycles. The number of halogens is 3. The summed E-state index contributed by atoms with van der Waals surface area (Å²) in [5, 5.41) is 23.9.